The minimum atomic E-state index is -0.542. The van der Waals surface area contributed by atoms with E-state index in [0.717, 1.165) is 22.4 Å². The number of ether oxygens (including phenoxy) is 2. The van der Waals surface area contributed by atoms with Crippen molar-refractivity contribution in [3.05, 3.63) is 112 Å². The van der Waals surface area contributed by atoms with Crippen LogP contribution in [0.2, 0.25) is 5.02 Å². The summed E-state index contributed by atoms with van der Waals surface area (Å²) < 4.78 is 12.8. The molecule has 0 amide bonds. The number of carbonyl (C=O) groups excluding carboxylic acids is 1. The Kier molecular flexibility index (Phi) is 6.01. The molecule has 1 atom stereocenters. The summed E-state index contributed by atoms with van der Waals surface area (Å²) in [5, 5.41) is 8.20. The van der Waals surface area contributed by atoms with E-state index in [-0.39, 0.29) is 0 Å². The molecule has 5 rings (SSSR count). The largest absolute Gasteiger partial charge is 0.489 e. The lowest BCUT2D eigenvalue weighted by Crippen LogP contribution is -2.29. The zero-order valence-corrected chi connectivity index (χ0v) is 19.1. The lowest BCUT2D eigenvalue weighted by Gasteiger charge is -2.29. The zero-order chi connectivity index (χ0) is 23.5. The smallest absolute Gasteiger partial charge is 0.338 e. The normalized spacial score (nSPS) is 14.8. The first-order valence-corrected chi connectivity index (χ1v) is 11.0. The third-order valence-corrected chi connectivity index (χ3v) is 5.83. The number of esters is 1. The number of nitrogens with one attached hydrogen (secondary N) is 1. The highest BCUT2D eigenvalue weighted by atomic mass is 35.5. The first-order chi connectivity index (χ1) is 16.6. The highest BCUT2D eigenvalue weighted by molar-refractivity contribution is 6.30. The van der Waals surface area contributed by atoms with Gasteiger partial charge in [0.1, 0.15) is 24.7 Å². The van der Waals surface area contributed by atoms with Gasteiger partial charge in [-0.3, -0.25) is 0 Å². The van der Waals surface area contributed by atoms with Crippen molar-refractivity contribution in [2.45, 2.75) is 12.6 Å². The molecule has 0 radical (unpaired) electrons. The highest BCUT2D eigenvalue weighted by Gasteiger charge is 2.36. The Morgan fingerprint density at radius 2 is 1.76 bits per heavy atom. The van der Waals surface area contributed by atoms with Crippen LogP contribution < -0.4 is 10.1 Å². The topological polar surface area (TPSA) is 78.3 Å². The van der Waals surface area contributed by atoms with Crippen molar-refractivity contribution in [1.82, 2.24) is 14.8 Å². The Morgan fingerprint density at radius 1 is 1.03 bits per heavy atom. The van der Waals surface area contributed by atoms with Gasteiger partial charge in [0.25, 0.3) is 0 Å². The van der Waals surface area contributed by atoms with E-state index in [9.17, 15) is 4.79 Å². The molecule has 0 aliphatic carbocycles. The molecule has 0 saturated carbocycles. The highest BCUT2D eigenvalue weighted by Crippen LogP contribution is 2.39. The molecule has 0 fully saturated rings. The Balaban J connectivity index is 1.53. The van der Waals surface area contributed by atoms with Crippen LogP contribution in [0.5, 0.6) is 5.75 Å². The summed E-state index contributed by atoms with van der Waals surface area (Å²) in [7, 11) is 1.36. The molecule has 8 heteroatoms. The van der Waals surface area contributed by atoms with Crippen LogP contribution in [0.4, 0.5) is 5.95 Å². The van der Waals surface area contributed by atoms with E-state index in [0.29, 0.717) is 28.8 Å². The maximum Gasteiger partial charge on any atom is 0.338 e. The Hall–Kier alpha value is -4.10. The van der Waals surface area contributed by atoms with Crippen LogP contribution in [-0.2, 0) is 16.1 Å². The van der Waals surface area contributed by atoms with Gasteiger partial charge in [0.15, 0.2) is 0 Å². The number of methoxy groups -OCH3 is 1. The maximum absolute atomic E-state index is 13.0. The summed E-state index contributed by atoms with van der Waals surface area (Å²) in [6.45, 7) is 0.467. The molecule has 1 aromatic heterocycles. The molecule has 170 valence electrons. The number of anilines is 1. The number of fused-ring (bicyclic) bond motifs is 1. The van der Waals surface area contributed by atoms with Gasteiger partial charge in [-0.1, -0.05) is 66.2 Å². The van der Waals surface area contributed by atoms with Crippen LogP contribution in [0.1, 0.15) is 22.7 Å². The third-order valence-electron chi connectivity index (χ3n) is 5.58. The number of halogens is 1. The van der Waals surface area contributed by atoms with Crippen molar-refractivity contribution < 1.29 is 14.3 Å². The first kappa shape index (κ1) is 21.7. The number of carbonyl (C=O) groups is 1. The van der Waals surface area contributed by atoms with E-state index in [1.54, 1.807) is 16.8 Å². The number of hydrogen-bond donors (Lipinski definition) is 1. The van der Waals surface area contributed by atoms with E-state index in [1.165, 1.54) is 13.4 Å². The number of hydrogen-bond acceptors (Lipinski definition) is 6. The standard InChI is InChI=1S/C26H21ClN4O3/c1-33-25(32)22-23(18-7-11-20(27)12-8-18)30-26-28-16-29-31(26)24(22)19-9-13-21(14-10-19)34-15-17-5-3-2-4-6-17/h2-14,16,24H,15H2,1H3,(H,28,29,30)/t24-/m1/s1. The number of benzene rings is 3. The summed E-state index contributed by atoms with van der Waals surface area (Å²) in [6.07, 6.45) is 1.45. The maximum atomic E-state index is 13.0. The molecule has 0 spiro atoms. The average Bonchev–Trinajstić information content (AvgIpc) is 3.36. The summed E-state index contributed by atoms with van der Waals surface area (Å²) >= 11 is 6.08. The fourth-order valence-electron chi connectivity index (χ4n) is 3.93. The molecule has 0 bridgehead atoms. The third kappa shape index (κ3) is 4.25. The predicted molar refractivity (Wildman–Crippen MR) is 129 cm³/mol. The quantitative estimate of drug-likeness (QED) is 0.393. The fraction of sp³-hybridized carbons (Fsp3) is 0.115. The summed E-state index contributed by atoms with van der Waals surface area (Å²) in [5.74, 6) is 0.780. The molecule has 0 saturated heterocycles. The van der Waals surface area contributed by atoms with Crippen LogP contribution in [0.25, 0.3) is 5.70 Å². The number of nitrogens with zero attached hydrogens (tertiary/aromatic N) is 3. The number of rotatable bonds is 6. The minimum absolute atomic E-state index is 0.417. The van der Waals surface area contributed by atoms with Gasteiger partial charge in [-0.15, -0.1) is 0 Å². The monoisotopic (exact) mass is 472 g/mol. The molecule has 2 heterocycles. The second-order valence-electron chi connectivity index (χ2n) is 7.69. The van der Waals surface area contributed by atoms with Gasteiger partial charge in [-0.05, 0) is 41.0 Å². The van der Waals surface area contributed by atoms with Crippen molar-refractivity contribution in [2.75, 3.05) is 12.4 Å². The van der Waals surface area contributed by atoms with Crippen LogP contribution in [0, 0.1) is 0 Å². The Morgan fingerprint density at radius 3 is 2.47 bits per heavy atom. The van der Waals surface area contributed by atoms with E-state index in [4.69, 9.17) is 21.1 Å². The molecule has 1 aliphatic rings. The van der Waals surface area contributed by atoms with Gasteiger partial charge in [0.05, 0.1) is 18.4 Å². The van der Waals surface area contributed by atoms with Crippen LogP contribution in [0.15, 0.2) is 90.8 Å². The van der Waals surface area contributed by atoms with Crippen molar-refractivity contribution in [3.63, 3.8) is 0 Å². The lowest BCUT2D eigenvalue weighted by atomic mass is 9.93. The SMILES string of the molecule is COC(=O)C1=C(c2ccc(Cl)cc2)Nc2ncnn2[C@@H]1c1ccc(OCc2ccccc2)cc1. The second-order valence-corrected chi connectivity index (χ2v) is 8.12. The zero-order valence-electron chi connectivity index (χ0n) is 18.3. The minimum Gasteiger partial charge on any atom is -0.489 e. The molecule has 34 heavy (non-hydrogen) atoms. The van der Waals surface area contributed by atoms with Gasteiger partial charge < -0.3 is 14.8 Å². The van der Waals surface area contributed by atoms with Crippen LogP contribution in [0.3, 0.4) is 0 Å². The Bertz CT molecular complexity index is 1330. The molecule has 7 nitrogen and oxygen atoms in total. The van der Waals surface area contributed by atoms with Gasteiger partial charge in [-0.25, -0.2) is 9.48 Å². The van der Waals surface area contributed by atoms with E-state index < -0.39 is 12.0 Å². The molecule has 1 N–H and O–H groups in total. The van der Waals surface area contributed by atoms with Gasteiger partial charge in [0, 0.05) is 5.02 Å². The summed E-state index contributed by atoms with van der Waals surface area (Å²) in [4.78, 5) is 17.4. The number of aromatic nitrogens is 3. The van der Waals surface area contributed by atoms with Gasteiger partial charge in [0.2, 0.25) is 5.95 Å². The van der Waals surface area contributed by atoms with Crippen molar-refractivity contribution in [2.24, 2.45) is 0 Å². The molecule has 1 aliphatic heterocycles. The second kappa shape index (κ2) is 9.41. The Labute approximate surface area is 201 Å². The van der Waals surface area contributed by atoms with E-state index in [2.05, 4.69) is 15.4 Å². The molecule has 3 aromatic carbocycles. The van der Waals surface area contributed by atoms with E-state index in [1.807, 2.05) is 66.7 Å². The van der Waals surface area contributed by atoms with E-state index >= 15 is 0 Å². The van der Waals surface area contributed by atoms with Crippen molar-refractivity contribution in [1.29, 1.82) is 0 Å². The molecule has 0 unspecified atom stereocenters. The lowest BCUT2D eigenvalue weighted by molar-refractivity contribution is -0.136. The summed E-state index contributed by atoms with van der Waals surface area (Å²) in [6, 6.07) is 24.3. The molecular weight excluding hydrogens is 452 g/mol. The predicted octanol–water partition coefficient (Wildman–Crippen LogP) is 5.11. The van der Waals surface area contributed by atoms with Crippen LogP contribution in [-0.4, -0.2) is 27.8 Å². The van der Waals surface area contributed by atoms with Crippen LogP contribution >= 0.6 is 11.6 Å². The van der Waals surface area contributed by atoms with Gasteiger partial charge in [-0.2, -0.15) is 10.1 Å². The fourth-order valence-corrected chi connectivity index (χ4v) is 4.06. The molecule has 4 aromatic rings. The average molecular weight is 473 g/mol. The summed E-state index contributed by atoms with van der Waals surface area (Å²) in [5.41, 5.74) is 3.72. The van der Waals surface area contributed by atoms with Gasteiger partial charge >= 0.3 is 5.97 Å². The molecular formula is C26H21ClN4O3. The van der Waals surface area contributed by atoms with Crippen molar-refractivity contribution >= 4 is 29.2 Å². The van der Waals surface area contributed by atoms with Crippen molar-refractivity contribution in [3.8, 4) is 5.75 Å². The first-order valence-electron chi connectivity index (χ1n) is 10.7.